The van der Waals surface area contributed by atoms with E-state index in [9.17, 15) is 13.2 Å². The number of sulfonamides is 1. The van der Waals surface area contributed by atoms with Gasteiger partial charge < -0.3 is 9.26 Å². The minimum Gasteiger partial charge on any atom is -0.379 e. The lowest BCUT2D eigenvalue weighted by atomic mass is 9.92. The van der Waals surface area contributed by atoms with Crippen molar-refractivity contribution in [2.45, 2.75) is 51.2 Å². The van der Waals surface area contributed by atoms with Crippen LogP contribution in [0, 0.1) is 0 Å². The molecule has 136 valence electrons. The first-order valence-electron chi connectivity index (χ1n) is 8.03. The fourth-order valence-electron chi connectivity index (χ4n) is 2.38. The molecule has 1 saturated heterocycles. The van der Waals surface area contributed by atoms with Gasteiger partial charge in [-0.25, -0.2) is 8.42 Å². The molecule has 0 saturated carbocycles. The Balaban J connectivity index is 2.16. The van der Waals surface area contributed by atoms with Gasteiger partial charge in [0.25, 0.3) is 0 Å². The lowest BCUT2D eigenvalue weighted by molar-refractivity contribution is -0.120. The van der Waals surface area contributed by atoms with Crippen LogP contribution in [0.25, 0.3) is 0 Å². The molecule has 7 nitrogen and oxygen atoms in total. The maximum atomic E-state index is 12.8. The minimum atomic E-state index is -3.76. The number of Topliss-reactive ketones (excluding diaryl/α,β-unsaturated/α-hetero) is 1. The Hall–Kier alpha value is -1.25. The van der Waals surface area contributed by atoms with Crippen LogP contribution in [0.5, 0.6) is 0 Å². The largest absolute Gasteiger partial charge is 0.379 e. The van der Waals surface area contributed by atoms with Crippen molar-refractivity contribution in [2.75, 3.05) is 26.3 Å². The van der Waals surface area contributed by atoms with Crippen LogP contribution in [0.2, 0.25) is 0 Å². The summed E-state index contributed by atoms with van der Waals surface area (Å²) >= 11 is 0. The molecule has 0 aromatic carbocycles. The summed E-state index contributed by atoms with van der Waals surface area (Å²) in [5, 5.41) is 3.91. The van der Waals surface area contributed by atoms with Crippen molar-refractivity contribution in [3.8, 4) is 0 Å². The zero-order valence-corrected chi connectivity index (χ0v) is 15.8. The Morgan fingerprint density at radius 1 is 1.21 bits per heavy atom. The molecular weight excluding hydrogens is 332 g/mol. The molecule has 0 radical (unpaired) electrons. The van der Waals surface area contributed by atoms with Crippen LogP contribution >= 0.6 is 0 Å². The highest BCUT2D eigenvalue weighted by molar-refractivity contribution is 7.91. The summed E-state index contributed by atoms with van der Waals surface area (Å²) in [6.07, 6.45) is -0.0733. The van der Waals surface area contributed by atoms with Crippen molar-refractivity contribution in [1.82, 2.24) is 9.46 Å². The Morgan fingerprint density at radius 3 is 2.29 bits per heavy atom. The van der Waals surface area contributed by atoms with Crippen LogP contribution in [-0.4, -0.2) is 54.7 Å². The van der Waals surface area contributed by atoms with Crippen LogP contribution in [0.4, 0.5) is 0 Å². The van der Waals surface area contributed by atoms with Gasteiger partial charge in [0.15, 0.2) is 5.78 Å². The molecule has 0 atom stereocenters. The standard InChI is InChI=1S/C16H26N2O5S/c1-15(2,3)14-11-12(17-23-14)10-13(19)16(4,5)24(20,21)18-6-8-22-9-7-18/h11H,6-10H2,1-5H3. The molecule has 8 heteroatoms. The monoisotopic (exact) mass is 358 g/mol. The molecule has 2 rings (SSSR count). The average Bonchev–Trinajstić information content (AvgIpc) is 2.96. The van der Waals surface area contributed by atoms with E-state index in [0.29, 0.717) is 24.7 Å². The van der Waals surface area contributed by atoms with E-state index in [1.54, 1.807) is 6.07 Å². The third-order valence-corrected chi connectivity index (χ3v) is 6.83. The zero-order chi connectivity index (χ0) is 18.2. The number of carbonyl (C=O) groups is 1. The van der Waals surface area contributed by atoms with Gasteiger partial charge in [0, 0.05) is 24.6 Å². The second-order valence-electron chi connectivity index (χ2n) is 7.56. The van der Waals surface area contributed by atoms with Crippen LogP contribution in [0.3, 0.4) is 0 Å². The first-order valence-corrected chi connectivity index (χ1v) is 9.47. The highest BCUT2D eigenvalue weighted by Gasteiger charge is 2.45. The normalized spacial score (nSPS) is 17.9. The fraction of sp³-hybridized carbons (Fsp3) is 0.750. The maximum Gasteiger partial charge on any atom is 0.226 e. The number of aromatic nitrogens is 1. The predicted molar refractivity (Wildman–Crippen MR) is 89.3 cm³/mol. The number of rotatable bonds is 5. The van der Waals surface area contributed by atoms with E-state index in [-0.39, 0.29) is 24.9 Å². The van der Waals surface area contributed by atoms with Gasteiger partial charge in [-0.1, -0.05) is 25.9 Å². The van der Waals surface area contributed by atoms with Gasteiger partial charge in [0.05, 0.1) is 25.3 Å². The number of hydrogen-bond acceptors (Lipinski definition) is 6. The molecular formula is C16H26N2O5S. The lowest BCUT2D eigenvalue weighted by Gasteiger charge is -2.33. The van der Waals surface area contributed by atoms with Gasteiger partial charge in [0.2, 0.25) is 10.0 Å². The Bertz CT molecular complexity index is 694. The summed E-state index contributed by atoms with van der Waals surface area (Å²) in [4.78, 5) is 12.7. The molecule has 0 N–H and O–H groups in total. The summed E-state index contributed by atoms with van der Waals surface area (Å²) in [6, 6.07) is 1.72. The molecule has 0 aliphatic carbocycles. The van der Waals surface area contributed by atoms with Crippen molar-refractivity contribution in [2.24, 2.45) is 0 Å². The van der Waals surface area contributed by atoms with Gasteiger partial charge in [0.1, 0.15) is 10.5 Å². The van der Waals surface area contributed by atoms with Gasteiger partial charge in [-0.3, -0.25) is 4.79 Å². The third kappa shape index (κ3) is 3.70. The van der Waals surface area contributed by atoms with E-state index in [2.05, 4.69) is 5.16 Å². The number of ether oxygens (including phenoxy) is 1. The first-order chi connectivity index (χ1) is 11.0. The average molecular weight is 358 g/mol. The molecule has 2 heterocycles. The van der Waals surface area contributed by atoms with E-state index < -0.39 is 20.6 Å². The Labute approximate surface area is 143 Å². The van der Waals surface area contributed by atoms with E-state index >= 15 is 0 Å². The summed E-state index contributed by atoms with van der Waals surface area (Å²) < 4.78 is 35.9. The van der Waals surface area contributed by atoms with E-state index in [4.69, 9.17) is 9.26 Å². The number of carbonyl (C=O) groups excluding carboxylic acids is 1. The number of nitrogens with zero attached hydrogens (tertiary/aromatic N) is 2. The number of ketones is 1. The van der Waals surface area contributed by atoms with Gasteiger partial charge in [-0.15, -0.1) is 0 Å². The third-order valence-electron chi connectivity index (χ3n) is 4.27. The second-order valence-corrected chi connectivity index (χ2v) is 10.0. The molecule has 1 aliphatic heterocycles. The van der Waals surface area contributed by atoms with Crippen molar-refractivity contribution in [3.63, 3.8) is 0 Å². The van der Waals surface area contributed by atoms with Gasteiger partial charge in [-0.05, 0) is 13.8 Å². The molecule has 0 unspecified atom stereocenters. The number of hydrogen-bond donors (Lipinski definition) is 0. The van der Waals surface area contributed by atoms with Crippen molar-refractivity contribution in [3.05, 3.63) is 17.5 Å². The quantitative estimate of drug-likeness (QED) is 0.793. The zero-order valence-electron chi connectivity index (χ0n) is 15.0. The molecule has 1 aromatic rings. The van der Waals surface area contributed by atoms with Gasteiger partial charge >= 0.3 is 0 Å². The number of morpholine rings is 1. The van der Waals surface area contributed by atoms with E-state index in [1.165, 1.54) is 18.2 Å². The smallest absolute Gasteiger partial charge is 0.226 e. The minimum absolute atomic E-state index is 0.0733. The lowest BCUT2D eigenvalue weighted by Crippen LogP contribution is -2.53. The first kappa shape index (κ1) is 19.1. The van der Waals surface area contributed by atoms with Crippen LogP contribution in [0.15, 0.2) is 10.6 Å². The summed E-state index contributed by atoms with van der Waals surface area (Å²) in [6.45, 7) is 10.1. The summed E-state index contributed by atoms with van der Waals surface area (Å²) in [5.74, 6) is 0.266. The molecule has 1 aliphatic rings. The topological polar surface area (TPSA) is 89.7 Å². The Morgan fingerprint density at radius 2 is 1.79 bits per heavy atom. The SMILES string of the molecule is CC(C)(C)c1cc(CC(=O)C(C)(C)S(=O)(=O)N2CCOCC2)no1. The fourth-order valence-corrected chi connectivity index (χ4v) is 4.01. The maximum absolute atomic E-state index is 12.8. The molecule has 0 bridgehead atoms. The Kier molecular flexibility index (Phi) is 5.22. The molecule has 0 spiro atoms. The van der Waals surface area contributed by atoms with E-state index in [1.807, 2.05) is 20.8 Å². The van der Waals surface area contributed by atoms with Crippen molar-refractivity contribution < 1.29 is 22.5 Å². The molecule has 24 heavy (non-hydrogen) atoms. The molecule has 0 amide bonds. The van der Waals surface area contributed by atoms with Crippen LogP contribution in [-0.2, 0) is 31.4 Å². The van der Waals surface area contributed by atoms with Crippen LogP contribution < -0.4 is 0 Å². The summed E-state index contributed by atoms with van der Waals surface area (Å²) in [5.41, 5.74) is 0.235. The molecule has 1 aromatic heterocycles. The van der Waals surface area contributed by atoms with E-state index in [0.717, 1.165) is 0 Å². The van der Waals surface area contributed by atoms with Crippen molar-refractivity contribution >= 4 is 15.8 Å². The predicted octanol–water partition coefficient (Wildman–Crippen LogP) is 1.52. The summed E-state index contributed by atoms with van der Waals surface area (Å²) in [7, 11) is -3.76. The molecule has 1 fully saturated rings. The second kappa shape index (κ2) is 6.57. The van der Waals surface area contributed by atoms with Gasteiger partial charge in [-0.2, -0.15) is 4.31 Å². The van der Waals surface area contributed by atoms with Crippen LogP contribution in [0.1, 0.15) is 46.1 Å². The van der Waals surface area contributed by atoms with Crippen molar-refractivity contribution in [1.29, 1.82) is 0 Å². The highest BCUT2D eigenvalue weighted by Crippen LogP contribution is 2.26. The highest BCUT2D eigenvalue weighted by atomic mass is 32.2.